The van der Waals surface area contributed by atoms with Gasteiger partial charge in [-0.25, -0.2) is 14.3 Å². The Balaban J connectivity index is 2.38. The molecule has 31 heavy (non-hydrogen) atoms. The lowest BCUT2D eigenvalue weighted by Crippen LogP contribution is -2.15. The first-order valence-electron chi connectivity index (χ1n) is 9.32. The fourth-order valence-electron chi connectivity index (χ4n) is 3.09. The minimum absolute atomic E-state index is 0.0217. The van der Waals surface area contributed by atoms with Crippen molar-refractivity contribution < 1.29 is 28.5 Å². The molecule has 0 aliphatic heterocycles. The summed E-state index contributed by atoms with van der Waals surface area (Å²) >= 11 is 3.51. The maximum atomic E-state index is 12.8. The zero-order chi connectivity index (χ0) is 22.5. The van der Waals surface area contributed by atoms with Gasteiger partial charge in [-0.1, -0.05) is 18.2 Å². The summed E-state index contributed by atoms with van der Waals surface area (Å²) in [7, 11) is 4.01. The number of halogens is 1. The number of ether oxygens (including phenoxy) is 4. The van der Waals surface area contributed by atoms with Gasteiger partial charge in [0.15, 0.2) is 17.2 Å². The Bertz CT molecular complexity index is 1110. The summed E-state index contributed by atoms with van der Waals surface area (Å²) in [5, 5.41) is 4.59. The van der Waals surface area contributed by atoms with Crippen LogP contribution >= 0.6 is 15.9 Å². The highest BCUT2D eigenvalue weighted by molar-refractivity contribution is 9.10. The highest BCUT2D eigenvalue weighted by atomic mass is 79.9. The minimum Gasteiger partial charge on any atom is -0.493 e. The van der Waals surface area contributed by atoms with Crippen LogP contribution in [-0.2, 0) is 9.47 Å². The fraction of sp³-hybridized carbons (Fsp3) is 0.227. The molecule has 0 aliphatic rings. The molecule has 0 atom stereocenters. The number of rotatable bonds is 7. The van der Waals surface area contributed by atoms with E-state index in [9.17, 15) is 9.59 Å². The van der Waals surface area contributed by atoms with E-state index in [0.717, 1.165) is 0 Å². The second-order valence-corrected chi connectivity index (χ2v) is 7.07. The fourth-order valence-corrected chi connectivity index (χ4v) is 3.60. The molecule has 0 amide bonds. The largest absolute Gasteiger partial charge is 0.493 e. The molecule has 2 aromatic carbocycles. The van der Waals surface area contributed by atoms with Gasteiger partial charge in [-0.05, 0) is 47.1 Å². The highest BCUT2D eigenvalue weighted by Gasteiger charge is 2.32. The molecule has 0 fully saturated rings. The van der Waals surface area contributed by atoms with Crippen LogP contribution in [0.3, 0.4) is 0 Å². The monoisotopic (exact) mass is 488 g/mol. The average molecular weight is 489 g/mol. The van der Waals surface area contributed by atoms with E-state index in [4.69, 9.17) is 18.9 Å². The van der Waals surface area contributed by atoms with Gasteiger partial charge in [-0.15, -0.1) is 0 Å². The number of nitrogens with zero attached hydrogens (tertiary/aromatic N) is 2. The Kier molecular flexibility index (Phi) is 6.96. The lowest BCUT2D eigenvalue weighted by Gasteiger charge is -2.13. The molecule has 0 aliphatic carbocycles. The van der Waals surface area contributed by atoms with Crippen LogP contribution in [0.1, 0.15) is 27.8 Å². The van der Waals surface area contributed by atoms with E-state index in [1.165, 1.54) is 26.0 Å². The van der Waals surface area contributed by atoms with Crippen LogP contribution in [0.5, 0.6) is 11.5 Å². The van der Waals surface area contributed by atoms with Gasteiger partial charge in [0.1, 0.15) is 11.3 Å². The number of carbonyl (C=O) groups excluding carboxylic acids is 2. The summed E-state index contributed by atoms with van der Waals surface area (Å²) in [6, 6.07) is 12.4. The molecular formula is C22H21BrN2O6. The summed E-state index contributed by atoms with van der Waals surface area (Å²) in [6.07, 6.45) is 0. The van der Waals surface area contributed by atoms with Crippen molar-refractivity contribution in [1.82, 2.24) is 9.78 Å². The van der Waals surface area contributed by atoms with Crippen LogP contribution in [0.15, 0.2) is 46.9 Å². The van der Waals surface area contributed by atoms with Gasteiger partial charge in [0.25, 0.3) is 0 Å². The van der Waals surface area contributed by atoms with E-state index in [-0.39, 0.29) is 17.0 Å². The molecule has 162 valence electrons. The van der Waals surface area contributed by atoms with Crippen LogP contribution in [0, 0.1) is 0 Å². The molecule has 8 nitrogen and oxygen atoms in total. The molecule has 0 spiro atoms. The van der Waals surface area contributed by atoms with Gasteiger partial charge in [0.05, 0.1) is 33.6 Å². The second kappa shape index (κ2) is 9.65. The van der Waals surface area contributed by atoms with Crippen LogP contribution in [0.4, 0.5) is 0 Å². The summed E-state index contributed by atoms with van der Waals surface area (Å²) in [5.41, 5.74) is 1.26. The van der Waals surface area contributed by atoms with E-state index in [1.54, 1.807) is 36.4 Å². The third kappa shape index (κ3) is 4.27. The topological polar surface area (TPSA) is 88.9 Å². The molecule has 3 aromatic rings. The van der Waals surface area contributed by atoms with Crippen molar-refractivity contribution in [3.05, 3.63) is 58.2 Å². The van der Waals surface area contributed by atoms with Crippen molar-refractivity contribution in [2.24, 2.45) is 0 Å². The zero-order valence-corrected chi connectivity index (χ0v) is 19.1. The van der Waals surface area contributed by atoms with Crippen molar-refractivity contribution in [1.29, 1.82) is 0 Å². The second-order valence-electron chi connectivity index (χ2n) is 6.22. The smallest absolute Gasteiger partial charge is 0.357 e. The normalized spacial score (nSPS) is 10.5. The van der Waals surface area contributed by atoms with Crippen LogP contribution < -0.4 is 9.47 Å². The van der Waals surface area contributed by atoms with E-state index in [1.807, 2.05) is 13.0 Å². The number of hydrogen-bond donors (Lipinski definition) is 0. The summed E-state index contributed by atoms with van der Waals surface area (Å²) < 4.78 is 22.9. The Labute approximate surface area is 187 Å². The standard InChI is InChI=1S/C22H21BrN2O6/c1-5-31-17-11-14(15(23)12-16(17)28-2)19-18(21(26)29-3)20(22(27)30-4)25(24-19)13-9-7-6-8-10-13/h6-12H,5H2,1-4H3. The van der Waals surface area contributed by atoms with E-state index < -0.39 is 11.9 Å². The van der Waals surface area contributed by atoms with Crippen LogP contribution in [0.25, 0.3) is 16.9 Å². The Hall–Kier alpha value is -3.33. The Morgan fingerprint density at radius 1 is 1.00 bits per heavy atom. The van der Waals surface area contributed by atoms with Gasteiger partial charge in [-0.2, -0.15) is 5.10 Å². The molecule has 0 saturated heterocycles. The van der Waals surface area contributed by atoms with Crippen LogP contribution in [-0.4, -0.2) is 49.7 Å². The SMILES string of the molecule is CCOc1cc(-c2nn(-c3ccccc3)c(C(=O)OC)c2C(=O)OC)c(Br)cc1OC. The van der Waals surface area contributed by atoms with Gasteiger partial charge in [0, 0.05) is 10.0 Å². The lowest BCUT2D eigenvalue weighted by molar-refractivity contribution is 0.0549. The van der Waals surface area contributed by atoms with E-state index in [0.29, 0.717) is 33.8 Å². The van der Waals surface area contributed by atoms with E-state index >= 15 is 0 Å². The molecule has 1 aromatic heterocycles. The maximum absolute atomic E-state index is 12.8. The number of hydrogen-bond acceptors (Lipinski definition) is 7. The van der Waals surface area contributed by atoms with Crippen molar-refractivity contribution in [3.63, 3.8) is 0 Å². The van der Waals surface area contributed by atoms with Gasteiger partial charge < -0.3 is 18.9 Å². The number of benzene rings is 2. The molecule has 0 saturated carbocycles. The highest BCUT2D eigenvalue weighted by Crippen LogP contribution is 2.40. The Morgan fingerprint density at radius 3 is 2.26 bits per heavy atom. The molecule has 0 N–H and O–H groups in total. The van der Waals surface area contributed by atoms with E-state index in [2.05, 4.69) is 21.0 Å². The number of carbonyl (C=O) groups is 2. The molecule has 1 heterocycles. The number of esters is 2. The quantitative estimate of drug-likeness (QED) is 0.458. The molecular weight excluding hydrogens is 468 g/mol. The number of methoxy groups -OCH3 is 3. The summed E-state index contributed by atoms with van der Waals surface area (Å²) in [6.45, 7) is 2.26. The molecule has 0 unspecified atom stereocenters. The average Bonchev–Trinajstić information content (AvgIpc) is 3.20. The predicted octanol–water partition coefficient (Wildman–Crippen LogP) is 4.28. The van der Waals surface area contributed by atoms with Crippen molar-refractivity contribution in [3.8, 4) is 28.4 Å². The third-order valence-electron chi connectivity index (χ3n) is 4.46. The maximum Gasteiger partial charge on any atom is 0.357 e. The first kappa shape index (κ1) is 22.4. The minimum atomic E-state index is -0.724. The summed E-state index contributed by atoms with van der Waals surface area (Å²) in [5.74, 6) is -0.475. The number of aromatic nitrogens is 2. The van der Waals surface area contributed by atoms with Gasteiger partial charge >= 0.3 is 11.9 Å². The first-order valence-corrected chi connectivity index (χ1v) is 10.1. The third-order valence-corrected chi connectivity index (χ3v) is 5.12. The van der Waals surface area contributed by atoms with Crippen molar-refractivity contribution in [2.75, 3.05) is 27.9 Å². The number of para-hydroxylation sites is 1. The van der Waals surface area contributed by atoms with Crippen molar-refractivity contribution >= 4 is 27.9 Å². The molecule has 0 bridgehead atoms. The van der Waals surface area contributed by atoms with Crippen molar-refractivity contribution in [2.45, 2.75) is 6.92 Å². The molecule has 9 heteroatoms. The summed E-state index contributed by atoms with van der Waals surface area (Å²) in [4.78, 5) is 25.5. The predicted molar refractivity (Wildman–Crippen MR) is 117 cm³/mol. The van der Waals surface area contributed by atoms with Gasteiger partial charge in [0.2, 0.25) is 0 Å². The van der Waals surface area contributed by atoms with Gasteiger partial charge in [-0.3, -0.25) is 0 Å². The Morgan fingerprint density at radius 2 is 1.68 bits per heavy atom. The van der Waals surface area contributed by atoms with Crippen LogP contribution in [0.2, 0.25) is 0 Å². The molecule has 3 rings (SSSR count). The zero-order valence-electron chi connectivity index (χ0n) is 17.5. The lowest BCUT2D eigenvalue weighted by atomic mass is 10.0. The first-order chi connectivity index (χ1) is 15.0. The molecule has 0 radical (unpaired) electrons.